The lowest BCUT2D eigenvalue weighted by molar-refractivity contribution is -0.138. The second kappa shape index (κ2) is 10.4. The second-order valence-corrected chi connectivity index (χ2v) is 11.4. The van der Waals surface area contributed by atoms with Crippen molar-refractivity contribution in [3.63, 3.8) is 0 Å². The van der Waals surface area contributed by atoms with Gasteiger partial charge in [0.25, 0.3) is 0 Å². The largest absolute Gasteiger partial charge is 0.480 e. The van der Waals surface area contributed by atoms with Gasteiger partial charge in [-0.3, -0.25) is 4.79 Å². The van der Waals surface area contributed by atoms with Crippen molar-refractivity contribution in [1.82, 2.24) is 4.31 Å². The number of nitrogens with zero attached hydrogens (tertiary/aromatic N) is 1. The quantitative estimate of drug-likeness (QED) is 0.336. The van der Waals surface area contributed by atoms with Crippen LogP contribution in [0.15, 0.2) is 114 Å². The zero-order valence-corrected chi connectivity index (χ0v) is 21.4. The monoisotopic (exact) mass is 528 g/mol. The molecule has 7 nitrogen and oxygen atoms in total. The molecule has 1 aliphatic heterocycles. The highest BCUT2D eigenvalue weighted by molar-refractivity contribution is 7.89. The standard InChI is InChI=1S/C30H28N2O5S/c31-28(29(33)34)19-22-8-7-13-27(18-22)38(35,36)32-20-30(21-32,25-11-5-2-6-12-25)37-26-16-14-24(15-17-26)23-9-3-1-4-10-23/h1-18,28H,19-21,31H2,(H,33,34). The van der Waals surface area contributed by atoms with Crippen molar-refractivity contribution in [2.75, 3.05) is 13.1 Å². The molecule has 5 rings (SSSR count). The molecule has 0 spiro atoms. The second-order valence-electron chi connectivity index (χ2n) is 9.42. The molecule has 4 aromatic carbocycles. The summed E-state index contributed by atoms with van der Waals surface area (Å²) < 4.78 is 34.8. The minimum absolute atomic E-state index is 0.0364. The van der Waals surface area contributed by atoms with Crippen LogP contribution < -0.4 is 10.5 Å². The maximum Gasteiger partial charge on any atom is 0.320 e. The van der Waals surface area contributed by atoms with E-state index in [4.69, 9.17) is 15.6 Å². The number of hydrogen-bond donors (Lipinski definition) is 2. The molecule has 0 aliphatic carbocycles. The SMILES string of the molecule is NC(Cc1cccc(S(=O)(=O)N2CC(Oc3ccc(-c4ccccc4)cc3)(c3ccccc3)C2)c1)C(=O)O. The molecule has 8 heteroatoms. The first-order valence-electron chi connectivity index (χ1n) is 12.2. The average Bonchev–Trinajstić information content (AvgIpc) is 2.92. The molecule has 1 atom stereocenters. The third-order valence-electron chi connectivity index (χ3n) is 6.75. The van der Waals surface area contributed by atoms with Crippen LogP contribution in [0, 0.1) is 0 Å². The van der Waals surface area contributed by atoms with E-state index in [0.717, 1.165) is 16.7 Å². The summed E-state index contributed by atoms with van der Waals surface area (Å²) in [6, 6.07) is 32.6. The average molecular weight is 529 g/mol. The lowest BCUT2D eigenvalue weighted by atomic mass is 9.87. The Balaban J connectivity index is 1.38. The zero-order valence-electron chi connectivity index (χ0n) is 20.6. The molecule has 0 amide bonds. The fourth-order valence-electron chi connectivity index (χ4n) is 4.64. The molecule has 0 aromatic heterocycles. The predicted molar refractivity (Wildman–Crippen MR) is 145 cm³/mol. The molecular formula is C30H28N2O5S. The fraction of sp³-hybridized carbons (Fsp3) is 0.167. The number of aliphatic carboxylic acids is 1. The first kappa shape index (κ1) is 25.7. The summed E-state index contributed by atoms with van der Waals surface area (Å²) in [5.41, 5.74) is 8.40. The van der Waals surface area contributed by atoms with Crippen molar-refractivity contribution in [2.45, 2.75) is 23.0 Å². The minimum atomic E-state index is -3.83. The third kappa shape index (κ3) is 5.19. The molecule has 1 heterocycles. The van der Waals surface area contributed by atoms with Gasteiger partial charge in [-0.1, -0.05) is 84.9 Å². The molecular weight excluding hydrogens is 500 g/mol. The van der Waals surface area contributed by atoms with E-state index in [-0.39, 0.29) is 24.4 Å². The van der Waals surface area contributed by atoms with Gasteiger partial charge in [-0.15, -0.1) is 0 Å². The van der Waals surface area contributed by atoms with Crippen molar-refractivity contribution in [3.8, 4) is 16.9 Å². The molecule has 0 saturated carbocycles. The third-order valence-corrected chi connectivity index (χ3v) is 8.53. The molecule has 1 fully saturated rings. The molecule has 0 radical (unpaired) electrons. The van der Waals surface area contributed by atoms with E-state index in [2.05, 4.69) is 0 Å². The van der Waals surface area contributed by atoms with Gasteiger partial charge in [-0.25, -0.2) is 8.42 Å². The van der Waals surface area contributed by atoms with E-state index in [9.17, 15) is 13.2 Å². The number of carboxylic acids is 1. The van der Waals surface area contributed by atoms with Gasteiger partial charge in [0.15, 0.2) is 5.60 Å². The lowest BCUT2D eigenvalue weighted by Gasteiger charge is -2.48. The van der Waals surface area contributed by atoms with E-state index in [1.54, 1.807) is 12.1 Å². The maximum absolute atomic E-state index is 13.5. The molecule has 3 N–H and O–H groups in total. The summed E-state index contributed by atoms with van der Waals surface area (Å²) in [5.74, 6) is -0.488. The van der Waals surface area contributed by atoms with Crippen LogP contribution in [0.3, 0.4) is 0 Å². The Morgan fingerprint density at radius 1 is 0.868 bits per heavy atom. The van der Waals surface area contributed by atoms with E-state index in [1.165, 1.54) is 16.4 Å². The fourth-order valence-corrected chi connectivity index (χ4v) is 6.24. The number of rotatable bonds is 9. The van der Waals surface area contributed by atoms with Crippen LogP contribution in [0.4, 0.5) is 0 Å². The number of benzene rings is 4. The van der Waals surface area contributed by atoms with Crippen LogP contribution in [-0.4, -0.2) is 42.9 Å². The number of sulfonamides is 1. The molecule has 0 bridgehead atoms. The first-order chi connectivity index (χ1) is 18.3. The Kier molecular flexibility index (Phi) is 7.03. The van der Waals surface area contributed by atoms with Gasteiger partial charge in [0.2, 0.25) is 10.0 Å². The zero-order chi connectivity index (χ0) is 26.8. The van der Waals surface area contributed by atoms with Crippen molar-refractivity contribution < 1.29 is 23.1 Å². The van der Waals surface area contributed by atoms with Crippen molar-refractivity contribution in [1.29, 1.82) is 0 Å². The summed E-state index contributed by atoms with van der Waals surface area (Å²) in [4.78, 5) is 11.2. The topological polar surface area (TPSA) is 110 Å². The Morgan fingerprint density at radius 2 is 1.47 bits per heavy atom. The smallest absolute Gasteiger partial charge is 0.320 e. The summed E-state index contributed by atoms with van der Waals surface area (Å²) in [7, 11) is -3.83. The molecule has 1 unspecified atom stereocenters. The first-order valence-corrected chi connectivity index (χ1v) is 13.7. The Morgan fingerprint density at radius 3 is 2.11 bits per heavy atom. The van der Waals surface area contributed by atoms with Crippen LogP contribution in [0.2, 0.25) is 0 Å². The van der Waals surface area contributed by atoms with Crippen LogP contribution >= 0.6 is 0 Å². The van der Waals surface area contributed by atoms with Gasteiger partial charge in [0.1, 0.15) is 11.8 Å². The normalized spacial score (nSPS) is 15.8. The highest BCUT2D eigenvalue weighted by Crippen LogP contribution is 2.40. The van der Waals surface area contributed by atoms with Gasteiger partial charge in [-0.2, -0.15) is 4.31 Å². The summed E-state index contributed by atoms with van der Waals surface area (Å²) in [6.45, 7) is 0.275. The summed E-state index contributed by atoms with van der Waals surface area (Å²) >= 11 is 0. The Labute approximate surface area is 222 Å². The van der Waals surface area contributed by atoms with Crippen molar-refractivity contribution in [3.05, 3.63) is 120 Å². The van der Waals surface area contributed by atoms with E-state index >= 15 is 0 Å². The van der Waals surface area contributed by atoms with Crippen molar-refractivity contribution in [2.24, 2.45) is 5.73 Å². The van der Waals surface area contributed by atoms with Gasteiger partial charge in [-0.05, 0) is 52.9 Å². The number of carbonyl (C=O) groups is 1. The summed E-state index contributed by atoms with van der Waals surface area (Å²) in [5, 5.41) is 9.10. The van der Waals surface area contributed by atoms with Crippen LogP contribution in [0.5, 0.6) is 5.75 Å². The number of carboxylic acid groups (broad SMARTS) is 1. The van der Waals surface area contributed by atoms with Crippen LogP contribution in [0.25, 0.3) is 11.1 Å². The van der Waals surface area contributed by atoms with Gasteiger partial charge >= 0.3 is 5.97 Å². The van der Waals surface area contributed by atoms with Crippen LogP contribution in [-0.2, 0) is 26.8 Å². The van der Waals surface area contributed by atoms with Gasteiger partial charge < -0.3 is 15.6 Å². The molecule has 1 aliphatic rings. The number of ether oxygens (including phenoxy) is 1. The van der Waals surface area contributed by atoms with Gasteiger partial charge in [0, 0.05) is 0 Å². The highest BCUT2D eigenvalue weighted by Gasteiger charge is 2.52. The lowest BCUT2D eigenvalue weighted by Crippen LogP contribution is -2.64. The van der Waals surface area contributed by atoms with E-state index < -0.39 is 27.6 Å². The predicted octanol–water partition coefficient (Wildman–Crippen LogP) is 4.29. The minimum Gasteiger partial charge on any atom is -0.480 e. The Hall–Kier alpha value is -3.98. The number of nitrogens with two attached hydrogens (primary N) is 1. The van der Waals surface area contributed by atoms with E-state index in [0.29, 0.717) is 11.3 Å². The maximum atomic E-state index is 13.5. The Bertz CT molecular complexity index is 1520. The van der Waals surface area contributed by atoms with E-state index in [1.807, 2.05) is 84.9 Å². The van der Waals surface area contributed by atoms with Crippen LogP contribution in [0.1, 0.15) is 11.1 Å². The molecule has 194 valence electrons. The highest BCUT2D eigenvalue weighted by atomic mass is 32.2. The molecule has 4 aromatic rings. The summed E-state index contributed by atoms with van der Waals surface area (Å²) in [6.07, 6.45) is 0.0364. The van der Waals surface area contributed by atoms with Gasteiger partial charge in [0.05, 0.1) is 18.0 Å². The van der Waals surface area contributed by atoms with Crippen molar-refractivity contribution >= 4 is 16.0 Å². The number of hydrogen-bond acceptors (Lipinski definition) is 5. The molecule has 38 heavy (non-hydrogen) atoms. The molecule has 1 saturated heterocycles.